The van der Waals surface area contributed by atoms with Crippen molar-refractivity contribution in [2.45, 2.75) is 0 Å². The van der Waals surface area contributed by atoms with E-state index < -0.39 is 0 Å². The third kappa shape index (κ3) is 3.73. The lowest BCUT2D eigenvalue weighted by Crippen LogP contribution is -1.97. The molecule has 3 heterocycles. The Morgan fingerprint density at radius 2 is 0.829 bits per heavy atom. The number of nitrogens with zero attached hydrogens (tertiary/aromatic N) is 4. The average molecular weight is 525 g/mol. The van der Waals surface area contributed by atoms with Crippen LogP contribution in [0, 0.1) is 0 Å². The fraction of sp³-hybridized carbons (Fsp3) is 0. The molecule has 0 bridgehead atoms. The standard InChI is InChI=1S/C37H24N4/c1-5-15-25(16-6-1)33-31-32(34(40-39-33)26-17-7-2-8-18-26)37-35(27-19-9-3-10-20-27)38-29-23-13-14-24-30(29)41(37)36(31)28-21-11-4-12-22-28/h1-24H. The topological polar surface area (TPSA) is 43.1 Å². The average Bonchev–Trinajstić information content (AvgIpc) is 3.42. The quantitative estimate of drug-likeness (QED) is 0.231. The Morgan fingerprint density at radius 3 is 1.39 bits per heavy atom. The number of rotatable bonds is 4. The predicted octanol–water partition coefficient (Wildman–Crippen LogP) is 9.10. The zero-order valence-corrected chi connectivity index (χ0v) is 22.1. The Labute approximate surface area is 237 Å². The molecule has 8 rings (SSSR count). The summed E-state index contributed by atoms with van der Waals surface area (Å²) in [6, 6.07) is 50.1. The summed E-state index contributed by atoms with van der Waals surface area (Å²) >= 11 is 0. The fourth-order valence-electron chi connectivity index (χ4n) is 5.88. The number of fused-ring (bicyclic) bond motifs is 5. The van der Waals surface area contributed by atoms with E-state index in [1.165, 1.54) is 0 Å². The molecule has 3 aromatic heterocycles. The lowest BCUT2D eigenvalue weighted by molar-refractivity contribution is 1.06. The third-order valence-corrected chi connectivity index (χ3v) is 7.66. The van der Waals surface area contributed by atoms with Crippen molar-refractivity contribution in [1.82, 2.24) is 19.6 Å². The van der Waals surface area contributed by atoms with Crippen LogP contribution in [0.4, 0.5) is 0 Å². The molecule has 192 valence electrons. The van der Waals surface area contributed by atoms with E-state index in [0.29, 0.717) is 0 Å². The minimum absolute atomic E-state index is 0.842. The van der Waals surface area contributed by atoms with E-state index in [0.717, 1.165) is 72.4 Å². The Bertz CT molecular complexity index is 2170. The second kappa shape index (κ2) is 9.54. The molecule has 0 N–H and O–H groups in total. The van der Waals surface area contributed by atoms with Gasteiger partial charge >= 0.3 is 0 Å². The zero-order chi connectivity index (χ0) is 27.2. The van der Waals surface area contributed by atoms with Gasteiger partial charge in [0, 0.05) is 27.5 Å². The molecular weight excluding hydrogens is 500 g/mol. The summed E-state index contributed by atoms with van der Waals surface area (Å²) in [6.45, 7) is 0. The largest absolute Gasteiger partial charge is 0.304 e. The molecule has 0 atom stereocenters. The van der Waals surface area contributed by atoms with E-state index in [2.05, 4.69) is 132 Å². The van der Waals surface area contributed by atoms with E-state index in [1.54, 1.807) is 0 Å². The summed E-state index contributed by atoms with van der Waals surface area (Å²) in [5.74, 6) is 0. The SMILES string of the molecule is c1ccc(-c2nnc(-c3ccccc3)c3c2c(-c2ccccc2)n2c4ccccc4nc(-c4ccccc4)c32)cc1. The molecule has 8 aromatic rings. The maximum atomic E-state index is 5.30. The molecule has 0 unspecified atom stereocenters. The van der Waals surface area contributed by atoms with Gasteiger partial charge in [-0.05, 0) is 17.7 Å². The summed E-state index contributed by atoms with van der Waals surface area (Å²) in [5, 5.41) is 12.0. The smallest absolute Gasteiger partial charge is 0.103 e. The van der Waals surface area contributed by atoms with Gasteiger partial charge in [0.15, 0.2) is 0 Å². The fourth-order valence-corrected chi connectivity index (χ4v) is 5.88. The molecule has 4 heteroatoms. The molecule has 0 fully saturated rings. The normalized spacial score (nSPS) is 11.4. The van der Waals surface area contributed by atoms with E-state index in [4.69, 9.17) is 15.2 Å². The van der Waals surface area contributed by atoms with Crippen LogP contribution in [0.1, 0.15) is 0 Å². The lowest BCUT2D eigenvalue weighted by Gasteiger charge is -2.12. The number of benzene rings is 5. The Hall–Kier alpha value is -5.61. The maximum Gasteiger partial charge on any atom is 0.103 e. The lowest BCUT2D eigenvalue weighted by atomic mass is 9.98. The molecule has 0 saturated heterocycles. The van der Waals surface area contributed by atoms with Gasteiger partial charge in [-0.15, -0.1) is 10.2 Å². The van der Waals surface area contributed by atoms with Crippen LogP contribution in [0.5, 0.6) is 0 Å². The van der Waals surface area contributed by atoms with Crippen LogP contribution in [-0.2, 0) is 0 Å². The van der Waals surface area contributed by atoms with E-state index in [9.17, 15) is 0 Å². The molecule has 0 aliphatic rings. The molecule has 0 saturated carbocycles. The van der Waals surface area contributed by atoms with Crippen LogP contribution in [0.3, 0.4) is 0 Å². The van der Waals surface area contributed by atoms with Gasteiger partial charge in [-0.1, -0.05) is 133 Å². The predicted molar refractivity (Wildman–Crippen MR) is 168 cm³/mol. The van der Waals surface area contributed by atoms with Gasteiger partial charge in [0.25, 0.3) is 0 Å². The van der Waals surface area contributed by atoms with Crippen LogP contribution in [0.2, 0.25) is 0 Å². The van der Waals surface area contributed by atoms with Crippen LogP contribution in [0.15, 0.2) is 146 Å². The first kappa shape index (κ1) is 23.3. The van der Waals surface area contributed by atoms with Gasteiger partial charge in [0.2, 0.25) is 0 Å². The number of hydrogen-bond donors (Lipinski definition) is 0. The van der Waals surface area contributed by atoms with Crippen molar-refractivity contribution >= 4 is 27.3 Å². The summed E-state index contributed by atoms with van der Waals surface area (Å²) in [7, 11) is 0. The van der Waals surface area contributed by atoms with Crippen molar-refractivity contribution in [3.8, 4) is 45.0 Å². The van der Waals surface area contributed by atoms with E-state index in [1.807, 2.05) is 18.2 Å². The molecule has 4 nitrogen and oxygen atoms in total. The van der Waals surface area contributed by atoms with Crippen LogP contribution >= 0.6 is 0 Å². The molecule has 5 aromatic carbocycles. The number of aromatic nitrogens is 4. The molecule has 0 spiro atoms. The molecule has 0 aliphatic carbocycles. The van der Waals surface area contributed by atoms with Crippen LogP contribution in [0.25, 0.3) is 72.4 Å². The minimum Gasteiger partial charge on any atom is -0.304 e. The van der Waals surface area contributed by atoms with Crippen LogP contribution in [-0.4, -0.2) is 19.6 Å². The molecule has 0 aliphatic heterocycles. The van der Waals surface area contributed by atoms with Crippen molar-refractivity contribution in [3.63, 3.8) is 0 Å². The third-order valence-electron chi connectivity index (χ3n) is 7.66. The highest BCUT2D eigenvalue weighted by molar-refractivity contribution is 6.21. The van der Waals surface area contributed by atoms with Gasteiger partial charge in [0.05, 0.1) is 27.9 Å². The van der Waals surface area contributed by atoms with Gasteiger partial charge in [0.1, 0.15) is 11.4 Å². The van der Waals surface area contributed by atoms with Gasteiger partial charge in [-0.2, -0.15) is 0 Å². The molecular formula is C37H24N4. The summed E-state index contributed by atoms with van der Waals surface area (Å²) < 4.78 is 2.38. The first-order valence-electron chi connectivity index (χ1n) is 13.7. The van der Waals surface area contributed by atoms with Crippen molar-refractivity contribution in [2.24, 2.45) is 0 Å². The first-order chi connectivity index (χ1) is 20.4. The second-order valence-electron chi connectivity index (χ2n) is 10.1. The minimum atomic E-state index is 0.842. The van der Waals surface area contributed by atoms with Crippen molar-refractivity contribution in [2.75, 3.05) is 0 Å². The summed E-state index contributed by atoms with van der Waals surface area (Å²) in [6.07, 6.45) is 0. The highest BCUT2D eigenvalue weighted by atomic mass is 15.1. The summed E-state index contributed by atoms with van der Waals surface area (Å²) in [5.41, 5.74) is 10.9. The van der Waals surface area contributed by atoms with Crippen LogP contribution < -0.4 is 0 Å². The number of hydrogen-bond acceptors (Lipinski definition) is 3. The highest BCUT2D eigenvalue weighted by Crippen LogP contribution is 2.46. The van der Waals surface area contributed by atoms with Crippen molar-refractivity contribution < 1.29 is 0 Å². The van der Waals surface area contributed by atoms with Gasteiger partial charge < -0.3 is 4.40 Å². The second-order valence-corrected chi connectivity index (χ2v) is 10.1. The summed E-state index contributed by atoms with van der Waals surface area (Å²) in [4.78, 5) is 5.30. The maximum absolute atomic E-state index is 5.30. The van der Waals surface area contributed by atoms with Crippen molar-refractivity contribution in [1.29, 1.82) is 0 Å². The Balaban J connectivity index is 1.70. The Morgan fingerprint density at radius 1 is 0.390 bits per heavy atom. The Kier molecular flexibility index (Phi) is 5.42. The molecule has 0 amide bonds. The first-order valence-corrected chi connectivity index (χ1v) is 13.7. The monoisotopic (exact) mass is 524 g/mol. The van der Waals surface area contributed by atoms with Gasteiger partial charge in [-0.25, -0.2) is 4.98 Å². The van der Waals surface area contributed by atoms with E-state index in [-0.39, 0.29) is 0 Å². The highest BCUT2D eigenvalue weighted by Gasteiger charge is 2.27. The molecule has 41 heavy (non-hydrogen) atoms. The number of para-hydroxylation sites is 2. The molecule has 0 radical (unpaired) electrons. The van der Waals surface area contributed by atoms with Crippen molar-refractivity contribution in [3.05, 3.63) is 146 Å². The van der Waals surface area contributed by atoms with Gasteiger partial charge in [-0.3, -0.25) is 0 Å². The zero-order valence-electron chi connectivity index (χ0n) is 22.1. The van der Waals surface area contributed by atoms with E-state index >= 15 is 0 Å².